The number of hydrogen-bond acceptors (Lipinski definition) is 3. The summed E-state index contributed by atoms with van der Waals surface area (Å²) in [5.74, 6) is 0. The van der Waals surface area contributed by atoms with Crippen LogP contribution in [-0.4, -0.2) is 18.6 Å². The normalized spacial score (nSPS) is 20.8. The molecule has 1 spiro atoms. The predicted molar refractivity (Wildman–Crippen MR) is 107 cm³/mol. The van der Waals surface area contributed by atoms with E-state index in [1.807, 2.05) is 11.9 Å². The highest BCUT2D eigenvalue weighted by Gasteiger charge is 2.41. The molecule has 1 fully saturated rings. The lowest BCUT2D eigenvalue weighted by Crippen LogP contribution is -2.44. The van der Waals surface area contributed by atoms with Gasteiger partial charge in [-0.25, -0.2) is 4.72 Å². The number of rotatable bonds is 4. The Balaban J connectivity index is 1.94. The number of benzene rings is 1. The molecule has 0 atom stereocenters. The van der Waals surface area contributed by atoms with Gasteiger partial charge in [0.1, 0.15) is 0 Å². The fraction of sp³-hybridized carbons (Fsp3) is 0.619. The van der Waals surface area contributed by atoms with Crippen molar-refractivity contribution in [3.8, 4) is 0 Å². The van der Waals surface area contributed by atoms with Crippen LogP contribution in [0.15, 0.2) is 29.8 Å². The van der Waals surface area contributed by atoms with E-state index in [1.54, 1.807) is 5.57 Å². The predicted octanol–water partition coefficient (Wildman–Crippen LogP) is 5.26. The molecule has 1 saturated carbocycles. The van der Waals surface area contributed by atoms with E-state index in [4.69, 9.17) is 0 Å². The van der Waals surface area contributed by atoms with Gasteiger partial charge in [0.05, 0.1) is 5.54 Å². The minimum absolute atomic E-state index is 0.213. The van der Waals surface area contributed by atoms with Crippen molar-refractivity contribution >= 4 is 16.9 Å². The Morgan fingerprint density at radius 2 is 1.75 bits per heavy atom. The lowest BCUT2D eigenvalue weighted by Gasteiger charge is -2.36. The van der Waals surface area contributed by atoms with Crippen molar-refractivity contribution in [3.63, 3.8) is 0 Å². The summed E-state index contributed by atoms with van der Waals surface area (Å²) in [6.45, 7) is 11.1. The maximum Gasteiger partial charge on any atom is 0.0521 e. The van der Waals surface area contributed by atoms with Gasteiger partial charge in [0.25, 0.3) is 0 Å². The summed E-state index contributed by atoms with van der Waals surface area (Å²) in [5.41, 5.74) is 4.81. The van der Waals surface area contributed by atoms with Crippen LogP contribution in [0.2, 0.25) is 0 Å². The molecule has 1 aromatic rings. The maximum absolute atomic E-state index is 3.83. The van der Waals surface area contributed by atoms with E-state index >= 15 is 0 Å². The first kappa shape index (κ1) is 18.0. The van der Waals surface area contributed by atoms with Crippen LogP contribution in [0.25, 0.3) is 4.91 Å². The van der Waals surface area contributed by atoms with Crippen molar-refractivity contribution in [2.45, 2.75) is 70.8 Å². The second kappa shape index (κ2) is 7.23. The van der Waals surface area contributed by atoms with Gasteiger partial charge in [0, 0.05) is 11.4 Å². The van der Waals surface area contributed by atoms with Crippen molar-refractivity contribution in [2.24, 2.45) is 0 Å². The van der Waals surface area contributed by atoms with E-state index in [0.717, 1.165) is 13.1 Å². The standard InChI is InChI=1S/C21H32N2S/c1-5-22-15-18-19(24-23-21(18)13-7-6-8-14-21)16-9-11-17(12-10-16)20(2,3)4/h9-12,22-23H,5-8,13-15H2,1-4H3. The lowest BCUT2D eigenvalue weighted by molar-refractivity contribution is 0.321. The van der Waals surface area contributed by atoms with Crippen molar-refractivity contribution in [1.82, 2.24) is 10.0 Å². The minimum Gasteiger partial charge on any atom is -0.313 e. The molecule has 1 aliphatic carbocycles. The molecular formula is C21H32N2S. The van der Waals surface area contributed by atoms with Crippen LogP contribution in [-0.2, 0) is 5.41 Å². The van der Waals surface area contributed by atoms with Crippen LogP contribution in [0.5, 0.6) is 0 Å². The summed E-state index contributed by atoms with van der Waals surface area (Å²) in [6, 6.07) is 9.25. The van der Waals surface area contributed by atoms with Crippen molar-refractivity contribution in [2.75, 3.05) is 13.1 Å². The largest absolute Gasteiger partial charge is 0.313 e. The van der Waals surface area contributed by atoms with Gasteiger partial charge in [-0.05, 0) is 53.4 Å². The fourth-order valence-electron chi connectivity index (χ4n) is 3.90. The zero-order chi connectivity index (χ0) is 17.2. The topological polar surface area (TPSA) is 24.1 Å². The van der Waals surface area contributed by atoms with Crippen molar-refractivity contribution in [1.29, 1.82) is 0 Å². The molecule has 0 unspecified atom stereocenters. The molecule has 2 nitrogen and oxygen atoms in total. The van der Waals surface area contributed by atoms with Gasteiger partial charge < -0.3 is 5.32 Å². The number of likely N-dealkylation sites (N-methyl/N-ethyl adjacent to an activating group) is 1. The number of nitrogens with one attached hydrogen (secondary N) is 2. The SMILES string of the molecule is CCNCC1=C(c2ccc(C(C)(C)C)cc2)SNC12CCCCC2. The molecule has 3 heteroatoms. The summed E-state index contributed by atoms with van der Waals surface area (Å²) in [4.78, 5) is 1.46. The third kappa shape index (κ3) is 3.58. The Labute approximate surface area is 152 Å². The van der Waals surface area contributed by atoms with E-state index in [2.05, 4.69) is 62.0 Å². The zero-order valence-corrected chi connectivity index (χ0v) is 16.5. The average Bonchev–Trinajstić information content (AvgIpc) is 2.91. The van der Waals surface area contributed by atoms with E-state index in [1.165, 1.54) is 48.1 Å². The quantitative estimate of drug-likeness (QED) is 0.729. The average molecular weight is 345 g/mol. The second-order valence-electron chi connectivity index (χ2n) is 8.26. The molecule has 0 bridgehead atoms. The first-order chi connectivity index (χ1) is 11.5. The van der Waals surface area contributed by atoms with Crippen molar-refractivity contribution in [3.05, 3.63) is 41.0 Å². The Hall–Kier alpha value is -0.770. The van der Waals surface area contributed by atoms with Gasteiger partial charge in [0.2, 0.25) is 0 Å². The highest BCUT2D eigenvalue weighted by Crippen LogP contribution is 2.48. The van der Waals surface area contributed by atoms with Gasteiger partial charge in [0.15, 0.2) is 0 Å². The number of hydrogen-bond donors (Lipinski definition) is 2. The van der Waals surface area contributed by atoms with Crippen LogP contribution in [0.1, 0.15) is 70.9 Å². The van der Waals surface area contributed by atoms with Crippen molar-refractivity contribution < 1.29 is 0 Å². The molecule has 0 saturated heterocycles. The first-order valence-electron chi connectivity index (χ1n) is 9.45. The Morgan fingerprint density at radius 3 is 2.33 bits per heavy atom. The minimum atomic E-state index is 0.213. The summed E-state index contributed by atoms with van der Waals surface area (Å²) >= 11 is 1.86. The van der Waals surface area contributed by atoms with Crippen LogP contribution < -0.4 is 10.0 Å². The molecule has 1 aliphatic heterocycles. The van der Waals surface area contributed by atoms with Gasteiger partial charge in [-0.1, -0.05) is 71.2 Å². The lowest BCUT2D eigenvalue weighted by atomic mass is 9.76. The molecule has 2 aliphatic rings. The zero-order valence-electron chi connectivity index (χ0n) is 15.7. The summed E-state index contributed by atoms with van der Waals surface area (Å²) < 4.78 is 3.83. The van der Waals surface area contributed by atoms with Gasteiger partial charge >= 0.3 is 0 Å². The summed E-state index contributed by atoms with van der Waals surface area (Å²) in [5, 5.41) is 3.59. The Morgan fingerprint density at radius 1 is 1.08 bits per heavy atom. The molecule has 1 aromatic carbocycles. The highest BCUT2D eigenvalue weighted by molar-refractivity contribution is 8.07. The maximum atomic E-state index is 3.83. The monoisotopic (exact) mass is 344 g/mol. The molecule has 0 aromatic heterocycles. The molecule has 132 valence electrons. The third-order valence-electron chi connectivity index (χ3n) is 5.47. The second-order valence-corrected chi connectivity index (χ2v) is 9.08. The molecule has 0 radical (unpaired) electrons. The van der Waals surface area contributed by atoms with Crippen LogP contribution in [0, 0.1) is 0 Å². The first-order valence-corrected chi connectivity index (χ1v) is 10.3. The summed E-state index contributed by atoms with van der Waals surface area (Å²) in [7, 11) is 0. The molecule has 24 heavy (non-hydrogen) atoms. The molecule has 2 N–H and O–H groups in total. The third-order valence-corrected chi connectivity index (χ3v) is 6.65. The molecular weight excluding hydrogens is 312 g/mol. The molecule has 1 heterocycles. The van der Waals surface area contributed by atoms with E-state index in [0.29, 0.717) is 0 Å². The summed E-state index contributed by atoms with van der Waals surface area (Å²) in [6.07, 6.45) is 6.64. The van der Waals surface area contributed by atoms with Crippen LogP contribution in [0.4, 0.5) is 0 Å². The van der Waals surface area contributed by atoms with Gasteiger partial charge in [-0.15, -0.1) is 0 Å². The fourth-order valence-corrected chi connectivity index (χ4v) is 5.17. The van der Waals surface area contributed by atoms with Gasteiger partial charge in [-0.2, -0.15) is 0 Å². The Bertz CT molecular complexity index is 589. The van der Waals surface area contributed by atoms with E-state index in [9.17, 15) is 0 Å². The molecule has 3 rings (SSSR count). The van der Waals surface area contributed by atoms with E-state index < -0.39 is 0 Å². The van der Waals surface area contributed by atoms with Crippen LogP contribution >= 0.6 is 11.9 Å². The smallest absolute Gasteiger partial charge is 0.0521 e. The Kier molecular flexibility index (Phi) is 5.43. The van der Waals surface area contributed by atoms with Gasteiger partial charge in [-0.3, -0.25) is 0 Å². The van der Waals surface area contributed by atoms with E-state index in [-0.39, 0.29) is 11.0 Å². The molecule has 0 amide bonds. The van der Waals surface area contributed by atoms with Crippen LogP contribution in [0.3, 0.4) is 0 Å². The highest BCUT2D eigenvalue weighted by atomic mass is 32.2.